The maximum Gasteiger partial charge on any atom is 0.249 e. The molecule has 0 aliphatic rings. The van der Waals surface area contributed by atoms with Crippen LogP contribution in [0.15, 0.2) is 28.8 Å². The molecule has 2 N–H and O–H groups in total. The minimum Gasteiger partial charge on any atom is -0.338 e. The van der Waals surface area contributed by atoms with Gasteiger partial charge in [-0.25, -0.2) is 8.78 Å². The summed E-state index contributed by atoms with van der Waals surface area (Å²) < 4.78 is 30.7. The third kappa shape index (κ3) is 3.10. The summed E-state index contributed by atoms with van der Waals surface area (Å²) in [5, 5.41) is 3.74. The lowest BCUT2D eigenvalue weighted by atomic mass is 10.0. The van der Waals surface area contributed by atoms with Gasteiger partial charge in [0.1, 0.15) is 0 Å². The smallest absolute Gasteiger partial charge is 0.249 e. The number of hydrogen-bond acceptors (Lipinski definition) is 4. The van der Waals surface area contributed by atoms with Gasteiger partial charge in [0.2, 0.25) is 17.6 Å². The molecule has 0 fully saturated rings. The van der Waals surface area contributed by atoms with E-state index in [0.717, 1.165) is 6.92 Å². The van der Waals surface area contributed by atoms with Crippen LogP contribution in [0.2, 0.25) is 0 Å². The molecule has 0 saturated heterocycles. The first kappa shape index (κ1) is 12.6. The van der Waals surface area contributed by atoms with Crippen LogP contribution in [0.3, 0.4) is 0 Å². The highest BCUT2D eigenvalue weighted by molar-refractivity contribution is 5.55. The second-order valence-electron chi connectivity index (χ2n) is 4.16. The van der Waals surface area contributed by atoms with Crippen LogP contribution in [0.5, 0.6) is 0 Å². The van der Waals surface area contributed by atoms with E-state index in [1.807, 2.05) is 0 Å². The molecule has 4 nitrogen and oxygen atoms in total. The van der Waals surface area contributed by atoms with E-state index in [1.165, 1.54) is 0 Å². The van der Waals surface area contributed by atoms with Crippen molar-refractivity contribution in [2.45, 2.75) is 25.8 Å². The fourth-order valence-electron chi connectivity index (χ4n) is 1.63. The fourth-order valence-corrected chi connectivity index (χ4v) is 1.63. The molecule has 2 aromatic rings. The normalized spacial score (nSPS) is 11.8. The molecular formula is C12H13F2N3O. The van der Waals surface area contributed by atoms with Crippen molar-refractivity contribution in [2.24, 2.45) is 5.73 Å². The average Bonchev–Trinajstić information content (AvgIpc) is 2.75. The zero-order valence-corrected chi connectivity index (χ0v) is 9.86. The molecule has 0 amide bonds. The predicted molar refractivity (Wildman–Crippen MR) is 62.0 cm³/mol. The van der Waals surface area contributed by atoms with Crippen molar-refractivity contribution < 1.29 is 13.3 Å². The first-order valence-electron chi connectivity index (χ1n) is 5.48. The lowest BCUT2D eigenvalue weighted by Gasteiger charge is -2.10. The number of hydrogen-bond donors (Lipinski definition) is 1. The summed E-state index contributed by atoms with van der Waals surface area (Å²) in [5.74, 6) is -2.06. The van der Waals surface area contributed by atoms with Gasteiger partial charge in [0.05, 0.1) is 6.54 Å². The van der Waals surface area contributed by atoms with Crippen LogP contribution < -0.4 is 5.73 Å². The van der Waals surface area contributed by atoms with Gasteiger partial charge in [-0.3, -0.25) is 0 Å². The lowest BCUT2D eigenvalue weighted by Crippen LogP contribution is -2.13. The van der Waals surface area contributed by atoms with E-state index < -0.39 is 5.92 Å². The van der Waals surface area contributed by atoms with Gasteiger partial charge in [-0.1, -0.05) is 23.4 Å². The highest BCUT2D eigenvalue weighted by Crippen LogP contribution is 2.22. The van der Waals surface area contributed by atoms with Crippen LogP contribution in [-0.2, 0) is 13.0 Å². The van der Waals surface area contributed by atoms with E-state index in [2.05, 4.69) is 10.1 Å². The van der Waals surface area contributed by atoms with Gasteiger partial charge < -0.3 is 10.3 Å². The number of alkyl halides is 2. The van der Waals surface area contributed by atoms with Gasteiger partial charge in [0, 0.05) is 12.0 Å². The Hall–Kier alpha value is -1.82. The summed E-state index contributed by atoms with van der Waals surface area (Å²) in [6.07, 6.45) is -0.317. The Balaban J connectivity index is 2.26. The van der Waals surface area contributed by atoms with Gasteiger partial charge in [0.25, 0.3) is 0 Å². The van der Waals surface area contributed by atoms with Crippen LogP contribution in [0, 0.1) is 0 Å². The zero-order chi connectivity index (χ0) is 13.2. The standard InChI is InChI=1S/C12H13F2N3O/c1-12(13,14)6-8-3-2-4-9(5-8)11-16-10(7-15)18-17-11/h2-5H,6-7,15H2,1H3. The highest BCUT2D eigenvalue weighted by Gasteiger charge is 2.21. The van der Waals surface area contributed by atoms with E-state index >= 15 is 0 Å². The van der Waals surface area contributed by atoms with Crippen molar-refractivity contribution in [1.29, 1.82) is 0 Å². The van der Waals surface area contributed by atoms with Crippen LogP contribution in [0.1, 0.15) is 18.4 Å². The monoisotopic (exact) mass is 253 g/mol. The molecule has 0 aliphatic heterocycles. The Bertz CT molecular complexity index is 534. The van der Waals surface area contributed by atoms with E-state index in [9.17, 15) is 8.78 Å². The summed E-state index contributed by atoms with van der Waals surface area (Å²) in [6.45, 7) is 1.04. The largest absolute Gasteiger partial charge is 0.338 e. The van der Waals surface area contributed by atoms with Crippen molar-refractivity contribution in [2.75, 3.05) is 0 Å². The molecule has 18 heavy (non-hydrogen) atoms. The molecule has 0 atom stereocenters. The summed E-state index contributed by atoms with van der Waals surface area (Å²) in [4.78, 5) is 4.05. The molecule has 6 heteroatoms. The minimum absolute atomic E-state index is 0.153. The second kappa shape index (κ2) is 4.81. The minimum atomic E-state index is -2.74. The van der Waals surface area contributed by atoms with Gasteiger partial charge >= 0.3 is 0 Å². The lowest BCUT2D eigenvalue weighted by molar-refractivity contribution is 0.0226. The fraction of sp³-hybridized carbons (Fsp3) is 0.333. The number of aromatic nitrogens is 2. The summed E-state index contributed by atoms with van der Waals surface area (Å²) >= 11 is 0. The number of rotatable bonds is 4. The summed E-state index contributed by atoms with van der Waals surface area (Å²) in [7, 11) is 0. The number of halogens is 2. The second-order valence-corrected chi connectivity index (χ2v) is 4.16. The van der Waals surface area contributed by atoms with Gasteiger partial charge in [0.15, 0.2) is 0 Å². The average molecular weight is 253 g/mol. The Kier molecular flexibility index (Phi) is 3.38. The van der Waals surface area contributed by atoms with Crippen LogP contribution in [-0.4, -0.2) is 16.1 Å². The molecule has 2 rings (SSSR count). The quantitative estimate of drug-likeness (QED) is 0.908. The molecule has 0 aliphatic carbocycles. The van der Waals surface area contributed by atoms with Crippen LogP contribution >= 0.6 is 0 Å². The predicted octanol–water partition coefficient (Wildman–Crippen LogP) is 2.39. The van der Waals surface area contributed by atoms with Crippen LogP contribution in [0.4, 0.5) is 8.78 Å². The molecule has 0 spiro atoms. The van der Waals surface area contributed by atoms with Crippen molar-refractivity contribution >= 4 is 0 Å². The van der Waals surface area contributed by atoms with E-state index in [-0.39, 0.29) is 13.0 Å². The first-order chi connectivity index (χ1) is 8.48. The summed E-state index contributed by atoms with van der Waals surface area (Å²) in [6, 6.07) is 6.70. The zero-order valence-electron chi connectivity index (χ0n) is 9.86. The Morgan fingerprint density at radius 3 is 2.78 bits per heavy atom. The molecule has 0 saturated carbocycles. The number of benzene rings is 1. The molecule has 0 bridgehead atoms. The Morgan fingerprint density at radius 1 is 1.39 bits per heavy atom. The van der Waals surface area contributed by atoms with Crippen LogP contribution in [0.25, 0.3) is 11.4 Å². The van der Waals surface area contributed by atoms with Gasteiger partial charge in [-0.05, 0) is 18.6 Å². The molecular weight excluding hydrogens is 240 g/mol. The highest BCUT2D eigenvalue weighted by atomic mass is 19.3. The molecule has 1 aromatic carbocycles. The van der Waals surface area contributed by atoms with Crippen molar-refractivity contribution in [3.63, 3.8) is 0 Å². The molecule has 0 unspecified atom stereocenters. The van der Waals surface area contributed by atoms with E-state index in [0.29, 0.717) is 22.8 Å². The number of nitrogens with zero attached hydrogens (tertiary/aromatic N) is 2. The maximum atomic E-state index is 12.9. The van der Waals surface area contributed by atoms with Crippen molar-refractivity contribution in [1.82, 2.24) is 10.1 Å². The summed E-state index contributed by atoms with van der Waals surface area (Å²) in [5.41, 5.74) is 6.52. The van der Waals surface area contributed by atoms with E-state index in [4.69, 9.17) is 10.3 Å². The van der Waals surface area contributed by atoms with Crippen molar-refractivity contribution in [3.05, 3.63) is 35.7 Å². The molecule has 96 valence electrons. The van der Waals surface area contributed by atoms with Crippen molar-refractivity contribution in [3.8, 4) is 11.4 Å². The SMILES string of the molecule is CC(F)(F)Cc1cccc(-c2noc(CN)n2)c1. The number of nitrogens with two attached hydrogens (primary N) is 1. The van der Waals surface area contributed by atoms with Gasteiger partial charge in [-0.2, -0.15) is 4.98 Å². The Labute approximate surface area is 103 Å². The molecule has 1 aromatic heterocycles. The first-order valence-corrected chi connectivity index (χ1v) is 5.48. The topological polar surface area (TPSA) is 64.9 Å². The molecule has 1 heterocycles. The van der Waals surface area contributed by atoms with Gasteiger partial charge in [-0.15, -0.1) is 0 Å². The Morgan fingerprint density at radius 2 is 2.17 bits per heavy atom. The third-order valence-electron chi connectivity index (χ3n) is 2.34. The third-order valence-corrected chi connectivity index (χ3v) is 2.34. The maximum absolute atomic E-state index is 12.9. The molecule has 0 radical (unpaired) electrons. The van der Waals surface area contributed by atoms with E-state index in [1.54, 1.807) is 24.3 Å².